The van der Waals surface area contributed by atoms with Crippen LogP contribution in [0.2, 0.25) is 0 Å². The molecule has 0 unspecified atom stereocenters. The number of halogens is 8. The highest BCUT2D eigenvalue weighted by Gasteiger charge is 2.77. The molecule has 0 spiro atoms. The number of nitrogens with zero attached hydrogens (tertiary/aromatic N) is 5. The van der Waals surface area contributed by atoms with E-state index < -0.39 is 61.9 Å². The predicted molar refractivity (Wildman–Crippen MR) is 105 cm³/mol. The molecule has 0 amide bonds. The van der Waals surface area contributed by atoms with Gasteiger partial charge >= 0.3 is 18.0 Å². The third-order valence-corrected chi connectivity index (χ3v) is 6.80. The van der Waals surface area contributed by atoms with Crippen LogP contribution in [0, 0.1) is 0 Å². The maximum atomic E-state index is 14.6. The SMILES string of the molecule is CCS(=O)(=O)c1cc(-c2ncccn2)cnc1-c1ncc([C@H](F)C(F)(C(F)(F)F)C(F)(F)F)n1C. The van der Waals surface area contributed by atoms with E-state index >= 15 is 0 Å². The van der Waals surface area contributed by atoms with Gasteiger partial charge in [-0.25, -0.2) is 32.2 Å². The van der Waals surface area contributed by atoms with Gasteiger partial charge in [-0.1, -0.05) is 6.92 Å². The molecule has 7 nitrogen and oxygen atoms in total. The van der Waals surface area contributed by atoms with Gasteiger partial charge in [0.15, 0.2) is 27.7 Å². The Morgan fingerprint density at radius 3 is 2.03 bits per heavy atom. The first kappa shape index (κ1) is 26.4. The molecule has 35 heavy (non-hydrogen) atoms. The Hall–Kier alpha value is -3.17. The Bertz CT molecular complexity index is 1310. The van der Waals surface area contributed by atoms with Gasteiger partial charge in [0.1, 0.15) is 5.69 Å². The molecule has 16 heteroatoms. The Labute approximate surface area is 192 Å². The second-order valence-electron chi connectivity index (χ2n) is 7.18. The number of imidazole rings is 1. The average molecular weight is 529 g/mol. The van der Waals surface area contributed by atoms with Gasteiger partial charge in [-0.15, -0.1) is 0 Å². The third-order valence-electron chi connectivity index (χ3n) is 5.06. The van der Waals surface area contributed by atoms with E-state index in [1.807, 2.05) is 0 Å². The molecule has 0 fully saturated rings. The largest absolute Gasteiger partial charge is 0.434 e. The van der Waals surface area contributed by atoms with Crippen LogP contribution in [0.5, 0.6) is 0 Å². The Kier molecular flexibility index (Phi) is 6.65. The van der Waals surface area contributed by atoms with E-state index in [2.05, 4.69) is 19.9 Å². The molecule has 190 valence electrons. The molecule has 3 aromatic heterocycles. The van der Waals surface area contributed by atoms with E-state index in [4.69, 9.17) is 0 Å². The summed E-state index contributed by atoms with van der Waals surface area (Å²) >= 11 is 0. The Morgan fingerprint density at radius 1 is 0.943 bits per heavy atom. The topological polar surface area (TPSA) is 90.6 Å². The minimum atomic E-state index is -6.65. The number of hydrogen-bond acceptors (Lipinski definition) is 6. The van der Waals surface area contributed by atoms with E-state index in [9.17, 15) is 43.5 Å². The van der Waals surface area contributed by atoms with Crippen LogP contribution in [0.25, 0.3) is 22.9 Å². The first-order valence-corrected chi connectivity index (χ1v) is 11.2. The molecule has 3 heterocycles. The summed E-state index contributed by atoms with van der Waals surface area (Å²) in [6, 6.07) is 2.58. The van der Waals surface area contributed by atoms with Gasteiger partial charge in [0, 0.05) is 31.2 Å². The molecule has 0 saturated heterocycles. The fraction of sp³-hybridized carbons (Fsp3) is 0.368. The van der Waals surface area contributed by atoms with Crippen LogP contribution in [0.1, 0.15) is 18.8 Å². The normalized spacial score (nSPS) is 14.2. The fourth-order valence-corrected chi connectivity index (χ4v) is 4.16. The quantitative estimate of drug-likeness (QED) is 0.435. The third kappa shape index (κ3) is 4.46. The van der Waals surface area contributed by atoms with Gasteiger partial charge in [0.05, 0.1) is 22.5 Å². The molecule has 0 N–H and O–H groups in total. The molecule has 0 aliphatic rings. The summed E-state index contributed by atoms with van der Waals surface area (Å²) in [5, 5.41) is 0. The van der Waals surface area contributed by atoms with Gasteiger partial charge in [0.2, 0.25) is 0 Å². The molecular formula is C19H15F8N5O2S. The van der Waals surface area contributed by atoms with Crippen molar-refractivity contribution in [3.63, 3.8) is 0 Å². The number of pyridine rings is 1. The summed E-state index contributed by atoms with van der Waals surface area (Å²) < 4.78 is 133. The first-order chi connectivity index (χ1) is 16.1. The molecule has 1 atom stereocenters. The van der Waals surface area contributed by atoms with Crippen molar-refractivity contribution in [3.8, 4) is 22.9 Å². The highest BCUT2D eigenvalue weighted by molar-refractivity contribution is 7.91. The van der Waals surface area contributed by atoms with Crippen molar-refractivity contribution in [1.82, 2.24) is 24.5 Å². The van der Waals surface area contributed by atoms with Crippen LogP contribution in [0.4, 0.5) is 35.1 Å². The van der Waals surface area contributed by atoms with Gasteiger partial charge in [-0.05, 0) is 12.1 Å². The zero-order valence-electron chi connectivity index (χ0n) is 17.7. The molecule has 3 aromatic rings. The number of hydrogen-bond donors (Lipinski definition) is 0. The lowest BCUT2D eigenvalue weighted by Crippen LogP contribution is -2.56. The van der Waals surface area contributed by atoms with E-state index in [0.29, 0.717) is 4.57 Å². The summed E-state index contributed by atoms with van der Waals surface area (Å²) in [7, 11) is -3.31. The zero-order valence-corrected chi connectivity index (χ0v) is 18.5. The van der Waals surface area contributed by atoms with Crippen molar-refractivity contribution in [2.24, 2.45) is 7.05 Å². The lowest BCUT2D eigenvalue weighted by atomic mass is 9.96. The molecule has 3 rings (SSSR count). The van der Waals surface area contributed by atoms with E-state index in [1.54, 1.807) is 0 Å². The predicted octanol–water partition coefficient (Wildman–Crippen LogP) is 4.58. The number of alkyl halides is 8. The van der Waals surface area contributed by atoms with Crippen molar-refractivity contribution in [2.75, 3.05) is 5.75 Å². The van der Waals surface area contributed by atoms with Crippen molar-refractivity contribution in [2.45, 2.75) is 36.0 Å². The molecule has 0 aliphatic carbocycles. The van der Waals surface area contributed by atoms with Crippen LogP contribution in [0.3, 0.4) is 0 Å². The second-order valence-corrected chi connectivity index (χ2v) is 9.43. The first-order valence-electron chi connectivity index (χ1n) is 9.54. The van der Waals surface area contributed by atoms with E-state index in [-0.39, 0.29) is 17.6 Å². The maximum absolute atomic E-state index is 14.6. The molecule has 0 radical (unpaired) electrons. The van der Waals surface area contributed by atoms with Crippen molar-refractivity contribution in [1.29, 1.82) is 0 Å². The van der Waals surface area contributed by atoms with E-state index in [0.717, 1.165) is 19.3 Å². The highest BCUT2D eigenvalue weighted by Crippen LogP contribution is 2.54. The molecule has 0 aromatic carbocycles. The maximum Gasteiger partial charge on any atom is 0.434 e. The standard InChI is InChI=1S/C19H15F8N5O2S/c1-3-35(33,34)12-7-10(15-28-5-4-6-29-15)8-30-13(12)16-31-9-11(32(16)2)14(20)17(21,18(22,23)24)19(25,26)27/h4-9,14H,3H2,1-2H3/t14-/m0/s1. The lowest BCUT2D eigenvalue weighted by molar-refractivity contribution is -0.359. The number of aromatic nitrogens is 5. The fourth-order valence-electron chi connectivity index (χ4n) is 3.11. The van der Waals surface area contributed by atoms with Crippen molar-refractivity contribution >= 4 is 9.84 Å². The summed E-state index contributed by atoms with van der Waals surface area (Å²) in [4.78, 5) is 14.9. The van der Waals surface area contributed by atoms with Gasteiger partial charge in [-0.3, -0.25) is 4.98 Å². The number of rotatable bonds is 6. The second kappa shape index (κ2) is 8.80. The lowest BCUT2D eigenvalue weighted by Gasteiger charge is -2.32. The van der Waals surface area contributed by atoms with Crippen molar-refractivity contribution in [3.05, 3.63) is 42.6 Å². The van der Waals surface area contributed by atoms with Crippen LogP contribution in [0.15, 0.2) is 41.8 Å². The summed E-state index contributed by atoms with van der Waals surface area (Å²) in [6.07, 6.45) is -13.5. The molecular weight excluding hydrogens is 514 g/mol. The van der Waals surface area contributed by atoms with E-state index in [1.165, 1.54) is 25.4 Å². The zero-order chi connectivity index (χ0) is 26.4. The monoisotopic (exact) mass is 529 g/mol. The highest BCUT2D eigenvalue weighted by atomic mass is 32.2. The smallest absolute Gasteiger partial charge is 0.327 e. The Balaban J connectivity index is 2.20. The summed E-state index contributed by atoms with van der Waals surface area (Å²) in [5.74, 6) is -1.01. The molecule has 0 saturated carbocycles. The average Bonchev–Trinajstić information content (AvgIpc) is 3.17. The molecule has 0 bridgehead atoms. The Morgan fingerprint density at radius 2 is 1.51 bits per heavy atom. The summed E-state index contributed by atoms with van der Waals surface area (Å²) in [5.41, 5.74) is -8.06. The minimum Gasteiger partial charge on any atom is -0.327 e. The molecule has 0 aliphatic heterocycles. The minimum absolute atomic E-state index is 0.0704. The van der Waals surface area contributed by atoms with Crippen LogP contribution < -0.4 is 0 Å². The van der Waals surface area contributed by atoms with Crippen LogP contribution >= 0.6 is 0 Å². The summed E-state index contributed by atoms with van der Waals surface area (Å²) in [6.45, 7) is 1.27. The van der Waals surface area contributed by atoms with Crippen LogP contribution in [-0.2, 0) is 16.9 Å². The van der Waals surface area contributed by atoms with Gasteiger partial charge < -0.3 is 4.57 Å². The van der Waals surface area contributed by atoms with Gasteiger partial charge in [-0.2, -0.15) is 26.3 Å². The van der Waals surface area contributed by atoms with Gasteiger partial charge in [0.25, 0.3) is 0 Å². The number of sulfone groups is 1. The van der Waals surface area contributed by atoms with Crippen LogP contribution in [-0.4, -0.2) is 56.7 Å². The van der Waals surface area contributed by atoms with Crippen molar-refractivity contribution < 1.29 is 43.5 Å².